The Morgan fingerprint density at radius 1 is 1.21 bits per heavy atom. The molecule has 2 heterocycles. The van der Waals surface area contributed by atoms with E-state index in [4.69, 9.17) is 16.3 Å². The molecule has 0 radical (unpaired) electrons. The van der Waals surface area contributed by atoms with Crippen molar-refractivity contribution < 1.29 is 9.13 Å². The quantitative estimate of drug-likeness (QED) is 0.359. The van der Waals surface area contributed by atoms with Gasteiger partial charge in [-0.05, 0) is 23.7 Å². The van der Waals surface area contributed by atoms with E-state index in [1.54, 1.807) is 18.2 Å². The molecule has 0 spiro atoms. The van der Waals surface area contributed by atoms with Gasteiger partial charge in [0.05, 0.1) is 6.54 Å². The van der Waals surface area contributed by atoms with Gasteiger partial charge in [-0.15, -0.1) is 0 Å². The van der Waals surface area contributed by atoms with Crippen molar-refractivity contribution >= 4 is 30.8 Å². The predicted molar refractivity (Wildman–Crippen MR) is 109 cm³/mol. The van der Waals surface area contributed by atoms with Gasteiger partial charge in [0, 0.05) is 20.2 Å². The Labute approximate surface area is 166 Å². The second-order valence-corrected chi connectivity index (χ2v) is 13.7. The number of hydrogen-bond acceptors (Lipinski definition) is 4. The van der Waals surface area contributed by atoms with E-state index in [1.165, 1.54) is 15.2 Å². The van der Waals surface area contributed by atoms with Crippen molar-refractivity contribution in [1.29, 1.82) is 0 Å². The summed E-state index contributed by atoms with van der Waals surface area (Å²) in [7, 11) is -1.27. The summed E-state index contributed by atoms with van der Waals surface area (Å²) in [5.41, 5.74) is -0.691. The van der Waals surface area contributed by atoms with Crippen molar-refractivity contribution in [2.75, 3.05) is 6.61 Å². The van der Waals surface area contributed by atoms with Gasteiger partial charge in [0.25, 0.3) is 5.56 Å². The lowest BCUT2D eigenvalue weighted by Crippen LogP contribution is -2.32. The van der Waals surface area contributed by atoms with Gasteiger partial charge in [0.2, 0.25) is 5.28 Å². The molecular formula is C18H22ClFN4O3Si. The standard InChI is InChI=1S/C18H22ClFN4O3Si/c1-28(2,3)9-8-27-11-24-15-14(16(25)22-18(24)26)23(17(19)21-15)10-12-6-4-5-7-13(12)20/h4-7H,8-11H2,1-3H3,(H,22,25,26). The highest BCUT2D eigenvalue weighted by Gasteiger charge is 2.19. The number of imidazole rings is 1. The second-order valence-electron chi connectivity index (χ2n) is 7.77. The van der Waals surface area contributed by atoms with Gasteiger partial charge in [0.15, 0.2) is 11.2 Å². The SMILES string of the molecule is C[Si](C)(C)CCOCn1c(=O)[nH]c(=O)c2c1nc(Cl)n2Cc1ccccc1F. The first-order chi connectivity index (χ1) is 13.2. The summed E-state index contributed by atoms with van der Waals surface area (Å²) in [5, 5.41) is -0.00907. The second kappa shape index (κ2) is 8.02. The first-order valence-corrected chi connectivity index (χ1v) is 13.0. The number of fused-ring (bicyclic) bond motifs is 1. The molecule has 0 fully saturated rings. The van der Waals surface area contributed by atoms with Gasteiger partial charge in [-0.3, -0.25) is 14.3 Å². The van der Waals surface area contributed by atoms with Crippen LogP contribution in [-0.2, 0) is 18.0 Å². The van der Waals surface area contributed by atoms with E-state index in [0.717, 1.165) is 6.04 Å². The van der Waals surface area contributed by atoms with Crippen molar-refractivity contribution in [2.45, 2.75) is 39.0 Å². The summed E-state index contributed by atoms with van der Waals surface area (Å²) in [5.74, 6) is -0.417. The number of hydrogen-bond donors (Lipinski definition) is 1. The van der Waals surface area contributed by atoms with Crippen LogP contribution in [-0.4, -0.2) is 33.8 Å². The minimum Gasteiger partial charge on any atom is -0.361 e. The minimum absolute atomic E-state index is 0.00907. The van der Waals surface area contributed by atoms with E-state index in [-0.39, 0.29) is 29.7 Å². The number of aromatic amines is 1. The summed E-state index contributed by atoms with van der Waals surface area (Å²) in [6.45, 7) is 7.15. The molecule has 1 aromatic carbocycles. The number of halogens is 2. The third-order valence-electron chi connectivity index (χ3n) is 4.34. The number of nitrogens with zero attached hydrogens (tertiary/aromatic N) is 3. The van der Waals surface area contributed by atoms with Crippen molar-refractivity contribution in [2.24, 2.45) is 0 Å². The molecule has 0 saturated heterocycles. The van der Waals surface area contributed by atoms with Gasteiger partial charge in [-0.25, -0.2) is 9.18 Å². The van der Waals surface area contributed by atoms with Crippen molar-refractivity contribution in [1.82, 2.24) is 19.1 Å². The molecule has 0 atom stereocenters. The van der Waals surface area contributed by atoms with Gasteiger partial charge in [-0.1, -0.05) is 37.8 Å². The Hall–Kier alpha value is -2.23. The van der Waals surface area contributed by atoms with Crippen molar-refractivity contribution in [3.8, 4) is 0 Å². The molecule has 0 aliphatic carbocycles. The minimum atomic E-state index is -1.27. The lowest BCUT2D eigenvalue weighted by molar-refractivity contribution is 0.0865. The summed E-state index contributed by atoms with van der Waals surface area (Å²) in [4.78, 5) is 31.1. The molecule has 0 amide bonds. The monoisotopic (exact) mass is 424 g/mol. The Balaban J connectivity index is 1.97. The lowest BCUT2D eigenvalue weighted by atomic mass is 10.2. The largest absolute Gasteiger partial charge is 0.361 e. The highest BCUT2D eigenvalue weighted by Crippen LogP contribution is 2.19. The fourth-order valence-electron chi connectivity index (χ4n) is 2.74. The third kappa shape index (κ3) is 4.42. The molecule has 10 heteroatoms. The predicted octanol–water partition coefficient (Wildman–Crippen LogP) is 3.04. The maximum absolute atomic E-state index is 14.0. The normalized spacial score (nSPS) is 12.0. The summed E-state index contributed by atoms with van der Waals surface area (Å²) in [6.07, 6.45) is 0. The van der Waals surface area contributed by atoms with E-state index in [2.05, 4.69) is 29.6 Å². The molecule has 0 bridgehead atoms. The molecule has 7 nitrogen and oxygen atoms in total. The summed E-state index contributed by atoms with van der Waals surface area (Å²) in [6, 6.07) is 7.14. The van der Waals surface area contributed by atoms with E-state index in [9.17, 15) is 14.0 Å². The zero-order valence-electron chi connectivity index (χ0n) is 16.0. The summed E-state index contributed by atoms with van der Waals surface area (Å²) >= 11 is 6.21. The molecule has 28 heavy (non-hydrogen) atoms. The first-order valence-electron chi connectivity index (χ1n) is 8.87. The smallest absolute Gasteiger partial charge is 0.332 e. The topological polar surface area (TPSA) is 81.9 Å². The molecule has 1 N–H and O–H groups in total. The lowest BCUT2D eigenvalue weighted by Gasteiger charge is -2.15. The highest BCUT2D eigenvalue weighted by atomic mass is 35.5. The van der Waals surface area contributed by atoms with Gasteiger partial charge >= 0.3 is 5.69 Å². The zero-order valence-corrected chi connectivity index (χ0v) is 17.7. The Kier molecular flexibility index (Phi) is 5.87. The Morgan fingerprint density at radius 2 is 1.93 bits per heavy atom. The molecule has 3 rings (SSSR count). The number of ether oxygens (including phenoxy) is 1. The van der Waals surface area contributed by atoms with Crippen LogP contribution in [0, 0.1) is 5.82 Å². The molecule has 3 aromatic rings. The Morgan fingerprint density at radius 3 is 2.61 bits per heavy atom. The van der Waals surface area contributed by atoms with E-state index in [1.807, 2.05) is 0 Å². The van der Waals surface area contributed by atoms with Crippen LogP contribution in [0.4, 0.5) is 4.39 Å². The maximum Gasteiger partial charge on any atom is 0.332 e. The molecule has 0 aliphatic heterocycles. The van der Waals surface area contributed by atoms with Gasteiger partial charge < -0.3 is 9.30 Å². The van der Waals surface area contributed by atoms with Crippen LogP contribution in [0.5, 0.6) is 0 Å². The number of rotatable bonds is 7. The summed E-state index contributed by atoms with van der Waals surface area (Å²) < 4.78 is 22.3. The van der Waals surface area contributed by atoms with Crippen LogP contribution in [0.3, 0.4) is 0 Å². The van der Waals surface area contributed by atoms with E-state index >= 15 is 0 Å². The van der Waals surface area contributed by atoms with E-state index < -0.39 is 25.1 Å². The van der Waals surface area contributed by atoms with Crippen LogP contribution in [0.15, 0.2) is 33.9 Å². The average molecular weight is 425 g/mol. The molecule has 0 saturated carbocycles. The fourth-order valence-corrected chi connectivity index (χ4v) is 3.72. The molecule has 0 unspecified atom stereocenters. The van der Waals surface area contributed by atoms with Crippen LogP contribution < -0.4 is 11.2 Å². The van der Waals surface area contributed by atoms with E-state index in [0.29, 0.717) is 12.2 Å². The number of nitrogens with one attached hydrogen (secondary N) is 1. The molecule has 0 aliphatic rings. The Bertz CT molecular complexity index is 1120. The third-order valence-corrected chi connectivity index (χ3v) is 6.33. The van der Waals surface area contributed by atoms with Crippen molar-refractivity contribution in [3.63, 3.8) is 0 Å². The fraction of sp³-hybridized carbons (Fsp3) is 0.389. The van der Waals surface area contributed by atoms with Crippen LogP contribution in [0.1, 0.15) is 5.56 Å². The number of H-pyrrole nitrogens is 1. The number of benzene rings is 1. The van der Waals surface area contributed by atoms with Crippen LogP contribution in [0.2, 0.25) is 31.0 Å². The number of aromatic nitrogens is 4. The maximum atomic E-state index is 14.0. The van der Waals surface area contributed by atoms with Crippen LogP contribution >= 0.6 is 11.6 Å². The first kappa shape index (κ1) is 20.5. The molecule has 150 valence electrons. The highest BCUT2D eigenvalue weighted by molar-refractivity contribution is 6.76. The zero-order chi connectivity index (χ0) is 20.5. The molecular weight excluding hydrogens is 403 g/mol. The van der Waals surface area contributed by atoms with Crippen molar-refractivity contribution in [3.05, 3.63) is 61.8 Å². The molecule has 2 aromatic heterocycles. The average Bonchev–Trinajstić information content (AvgIpc) is 2.92. The van der Waals surface area contributed by atoms with Gasteiger partial charge in [-0.2, -0.15) is 4.98 Å². The van der Waals surface area contributed by atoms with Crippen LogP contribution in [0.25, 0.3) is 11.2 Å². The van der Waals surface area contributed by atoms with Gasteiger partial charge in [0.1, 0.15) is 12.5 Å².